The Morgan fingerprint density at radius 2 is 1.87 bits per heavy atom. The minimum atomic E-state index is -0.0907. The lowest BCUT2D eigenvalue weighted by atomic mass is 10.1. The maximum absolute atomic E-state index is 11.6. The summed E-state index contributed by atoms with van der Waals surface area (Å²) in [7, 11) is 0. The van der Waals surface area contributed by atoms with Crippen molar-refractivity contribution in [2.75, 3.05) is 13.2 Å². The molecule has 1 N–H and O–H groups in total. The van der Waals surface area contributed by atoms with Crippen LogP contribution in [0.3, 0.4) is 0 Å². The monoisotopic (exact) mass is 405 g/mol. The number of carbonyl (C=O) groups is 1. The number of imidazole rings is 1. The number of fused-ring (bicyclic) bond motifs is 1. The van der Waals surface area contributed by atoms with Gasteiger partial charge in [-0.15, -0.1) is 0 Å². The Bertz CT molecular complexity index is 1020. The smallest absolute Gasteiger partial charge is 0.246 e. The molecule has 158 valence electrons. The quantitative estimate of drug-likeness (QED) is 0.391. The van der Waals surface area contributed by atoms with E-state index in [4.69, 9.17) is 9.72 Å². The second kappa shape index (κ2) is 10.1. The molecule has 5 nitrogen and oxygen atoms in total. The van der Waals surface area contributed by atoms with Gasteiger partial charge in [-0.05, 0) is 69.0 Å². The van der Waals surface area contributed by atoms with E-state index < -0.39 is 0 Å². The van der Waals surface area contributed by atoms with Crippen LogP contribution in [0.2, 0.25) is 0 Å². The first kappa shape index (κ1) is 21.6. The molecule has 0 spiro atoms. The summed E-state index contributed by atoms with van der Waals surface area (Å²) >= 11 is 0. The minimum absolute atomic E-state index is 0.0907. The van der Waals surface area contributed by atoms with E-state index in [1.807, 2.05) is 18.2 Å². The molecule has 0 aliphatic carbocycles. The summed E-state index contributed by atoms with van der Waals surface area (Å²) in [6.07, 6.45) is 2.54. The number of hydrogen-bond donors (Lipinski definition) is 1. The maximum Gasteiger partial charge on any atom is 0.246 e. The molecule has 0 aliphatic rings. The third kappa shape index (κ3) is 5.72. The number of ether oxygens (including phenoxy) is 1. The highest BCUT2D eigenvalue weighted by Crippen LogP contribution is 2.19. The lowest BCUT2D eigenvalue weighted by Gasteiger charge is -2.11. The van der Waals surface area contributed by atoms with Gasteiger partial charge in [0.1, 0.15) is 11.6 Å². The number of rotatable bonds is 10. The molecule has 0 unspecified atom stereocenters. The van der Waals surface area contributed by atoms with Crippen LogP contribution in [-0.4, -0.2) is 28.6 Å². The number of aryl methyl sites for hydroxylation is 4. The standard InChI is InChI=1S/C25H31N3O2/c1-18(2)25(29)26-12-7-11-24-27-22-9-5-6-10-23(22)28(24)13-8-14-30-21-16-19(3)15-20(4)17-21/h5-6,9-10,15-17H,1,7-8,11-14H2,2-4H3,(H,26,29). The zero-order valence-corrected chi connectivity index (χ0v) is 18.2. The van der Waals surface area contributed by atoms with Crippen molar-refractivity contribution in [3.05, 3.63) is 71.6 Å². The van der Waals surface area contributed by atoms with Crippen LogP contribution in [0.5, 0.6) is 5.75 Å². The van der Waals surface area contributed by atoms with E-state index in [0.29, 0.717) is 18.7 Å². The SMILES string of the molecule is C=C(C)C(=O)NCCCc1nc2ccccc2n1CCCOc1cc(C)cc(C)c1. The normalized spacial score (nSPS) is 10.9. The highest BCUT2D eigenvalue weighted by atomic mass is 16.5. The molecule has 0 aliphatic heterocycles. The number of aromatic nitrogens is 2. The molecule has 0 bridgehead atoms. The van der Waals surface area contributed by atoms with Crippen molar-refractivity contribution in [1.29, 1.82) is 0 Å². The molecule has 1 aromatic heterocycles. The summed E-state index contributed by atoms with van der Waals surface area (Å²) in [6.45, 7) is 11.7. The zero-order valence-electron chi connectivity index (χ0n) is 18.2. The first-order valence-corrected chi connectivity index (χ1v) is 10.5. The second-order valence-electron chi connectivity index (χ2n) is 7.83. The molecule has 0 atom stereocenters. The molecule has 3 rings (SSSR count). The van der Waals surface area contributed by atoms with Gasteiger partial charge in [-0.2, -0.15) is 0 Å². The third-order valence-corrected chi connectivity index (χ3v) is 4.97. The van der Waals surface area contributed by atoms with E-state index in [2.05, 4.69) is 54.6 Å². The van der Waals surface area contributed by atoms with Crippen LogP contribution in [0.4, 0.5) is 0 Å². The Labute approximate surface area is 178 Å². The van der Waals surface area contributed by atoms with Crippen molar-refractivity contribution in [2.45, 2.75) is 46.6 Å². The highest BCUT2D eigenvalue weighted by Gasteiger charge is 2.10. The summed E-state index contributed by atoms with van der Waals surface area (Å²) in [5, 5.41) is 2.89. The van der Waals surface area contributed by atoms with Crippen molar-refractivity contribution >= 4 is 16.9 Å². The Kier molecular flexibility index (Phi) is 7.28. The molecule has 3 aromatic rings. The van der Waals surface area contributed by atoms with Gasteiger partial charge in [0.25, 0.3) is 0 Å². The number of nitrogens with zero attached hydrogens (tertiary/aromatic N) is 2. The third-order valence-electron chi connectivity index (χ3n) is 4.97. The first-order valence-electron chi connectivity index (χ1n) is 10.5. The summed E-state index contributed by atoms with van der Waals surface area (Å²) in [6, 6.07) is 14.5. The number of nitrogens with one attached hydrogen (secondary N) is 1. The van der Waals surface area contributed by atoms with Crippen molar-refractivity contribution in [3.8, 4) is 5.75 Å². The van der Waals surface area contributed by atoms with E-state index in [0.717, 1.165) is 48.4 Å². The van der Waals surface area contributed by atoms with E-state index >= 15 is 0 Å². The van der Waals surface area contributed by atoms with E-state index in [1.165, 1.54) is 11.1 Å². The maximum atomic E-state index is 11.6. The topological polar surface area (TPSA) is 56.2 Å². The predicted octanol–water partition coefficient (Wildman–Crippen LogP) is 4.75. The van der Waals surface area contributed by atoms with Crippen molar-refractivity contribution in [3.63, 3.8) is 0 Å². The van der Waals surface area contributed by atoms with Crippen molar-refractivity contribution < 1.29 is 9.53 Å². The molecule has 0 radical (unpaired) electrons. The Hall–Kier alpha value is -3.08. The van der Waals surface area contributed by atoms with Crippen LogP contribution in [0.1, 0.15) is 36.7 Å². The number of hydrogen-bond acceptors (Lipinski definition) is 3. The predicted molar refractivity (Wildman–Crippen MR) is 122 cm³/mol. The molecule has 1 amide bonds. The van der Waals surface area contributed by atoms with Gasteiger partial charge in [0.15, 0.2) is 0 Å². The van der Waals surface area contributed by atoms with Crippen molar-refractivity contribution in [2.24, 2.45) is 0 Å². The van der Waals surface area contributed by atoms with E-state index in [-0.39, 0.29) is 5.91 Å². The van der Waals surface area contributed by atoms with Crippen molar-refractivity contribution in [1.82, 2.24) is 14.9 Å². The Morgan fingerprint density at radius 3 is 2.60 bits per heavy atom. The largest absolute Gasteiger partial charge is 0.494 e. The number of para-hydroxylation sites is 2. The number of benzene rings is 2. The molecule has 0 fully saturated rings. The summed E-state index contributed by atoms with van der Waals surface area (Å²) in [4.78, 5) is 16.5. The van der Waals surface area contributed by atoms with Crippen LogP contribution in [0.15, 0.2) is 54.6 Å². The number of amides is 1. The average molecular weight is 406 g/mol. The molecule has 0 saturated heterocycles. The van der Waals surface area contributed by atoms with Crippen LogP contribution in [0.25, 0.3) is 11.0 Å². The highest BCUT2D eigenvalue weighted by molar-refractivity contribution is 5.92. The van der Waals surface area contributed by atoms with Gasteiger partial charge in [0, 0.05) is 25.1 Å². The van der Waals surface area contributed by atoms with Gasteiger partial charge in [-0.25, -0.2) is 4.98 Å². The Balaban J connectivity index is 1.60. The minimum Gasteiger partial charge on any atom is -0.494 e. The fraction of sp³-hybridized carbons (Fsp3) is 0.360. The summed E-state index contributed by atoms with van der Waals surface area (Å²) in [5.74, 6) is 1.88. The van der Waals surface area contributed by atoms with Crippen LogP contribution in [-0.2, 0) is 17.8 Å². The molecule has 5 heteroatoms. The van der Waals surface area contributed by atoms with Gasteiger partial charge in [-0.1, -0.05) is 24.8 Å². The molecular weight excluding hydrogens is 374 g/mol. The molecule has 0 saturated carbocycles. The van der Waals surface area contributed by atoms with Crippen LogP contribution >= 0.6 is 0 Å². The lowest BCUT2D eigenvalue weighted by molar-refractivity contribution is -0.117. The summed E-state index contributed by atoms with van der Waals surface area (Å²) in [5.41, 5.74) is 5.11. The fourth-order valence-electron chi connectivity index (χ4n) is 3.59. The number of carbonyl (C=O) groups excluding carboxylic acids is 1. The van der Waals surface area contributed by atoms with Crippen LogP contribution < -0.4 is 10.1 Å². The van der Waals surface area contributed by atoms with Gasteiger partial charge in [-0.3, -0.25) is 4.79 Å². The second-order valence-corrected chi connectivity index (χ2v) is 7.83. The molecule has 2 aromatic carbocycles. The Morgan fingerprint density at radius 1 is 1.13 bits per heavy atom. The fourth-order valence-corrected chi connectivity index (χ4v) is 3.59. The molecule has 30 heavy (non-hydrogen) atoms. The zero-order chi connectivity index (χ0) is 21.5. The lowest BCUT2D eigenvalue weighted by Crippen LogP contribution is -2.25. The molecule has 1 heterocycles. The first-order chi connectivity index (χ1) is 14.4. The van der Waals surface area contributed by atoms with Gasteiger partial charge in [0.05, 0.1) is 17.6 Å². The van der Waals surface area contributed by atoms with E-state index in [9.17, 15) is 4.79 Å². The van der Waals surface area contributed by atoms with Gasteiger partial charge < -0.3 is 14.6 Å². The average Bonchev–Trinajstić information content (AvgIpc) is 3.05. The summed E-state index contributed by atoms with van der Waals surface area (Å²) < 4.78 is 8.25. The van der Waals surface area contributed by atoms with Crippen LogP contribution in [0, 0.1) is 13.8 Å². The van der Waals surface area contributed by atoms with Gasteiger partial charge in [0.2, 0.25) is 5.91 Å². The van der Waals surface area contributed by atoms with Gasteiger partial charge >= 0.3 is 0 Å². The van der Waals surface area contributed by atoms with E-state index in [1.54, 1.807) is 6.92 Å². The molecular formula is C25H31N3O2.